The minimum atomic E-state index is -0.300. The van der Waals surface area contributed by atoms with Crippen molar-refractivity contribution in [2.45, 2.75) is 32.4 Å². The summed E-state index contributed by atoms with van der Waals surface area (Å²) in [6, 6.07) is 12.7. The fraction of sp³-hybridized carbons (Fsp3) is 0.294. The lowest BCUT2D eigenvalue weighted by Crippen LogP contribution is -2.29. The molecule has 0 aliphatic carbocycles. The summed E-state index contributed by atoms with van der Waals surface area (Å²) in [5, 5.41) is 10.8. The Bertz CT molecular complexity index is 910. The highest BCUT2D eigenvalue weighted by atomic mass is 16.1. The van der Waals surface area contributed by atoms with E-state index in [-0.39, 0.29) is 11.1 Å². The predicted molar refractivity (Wildman–Crippen MR) is 89.9 cm³/mol. The van der Waals surface area contributed by atoms with Crippen LogP contribution in [0, 0.1) is 0 Å². The molecule has 0 spiro atoms. The molecule has 0 aliphatic heterocycles. The van der Waals surface area contributed by atoms with Gasteiger partial charge in [-0.15, -0.1) is 5.10 Å². The lowest BCUT2D eigenvalue weighted by atomic mass is 9.97. The Morgan fingerprint density at radius 1 is 1.08 bits per heavy atom. The first-order valence-electron chi connectivity index (χ1n) is 7.86. The van der Waals surface area contributed by atoms with Crippen LogP contribution in [0.15, 0.2) is 58.3 Å². The van der Waals surface area contributed by atoms with Crippen LogP contribution in [0.1, 0.15) is 24.1 Å². The van der Waals surface area contributed by atoms with Crippen LogP contribution in [0.5, 0.6) is 0 Å². The van der Waals surface area contributed by atoms with Crippen molar-refractivity contribution in [2.24, 2.45) is 0 Å². The molecule has 24 heavy (non-hydrogen) atoms. The van der Waals surface area contributed by atoms with E-state index in [0.717, 1.165) is 12.1 Å². The average Bonchev–Trinajstić information content (AvgIpc) is 3.04. The second-order valence-corrected chi connectivity index (χ2v) is 5.79. The summed E-state index contributed by atoms with van der Waals surface area (Å²) in [6.45, 7) is 2.96. The molecule has 124 valence electrons. The largest absolute Gasteiger partial charge is 0.268 e. The molecule has 0 fully saturated rings. The Labute approximate surface area is 138 Å². The Morgan fingerprint density at radius 2 is 1.88 bits per heavy atom. The quantitative estimate of drug-likeness (QED) is 0.737. The van der Waals surface area contributed by atoms with Crippen molar-refractivity contribution in [1.82, 2.24) is 24.8 Å². The number of hydrogen-bond donors (Lipinski definition) is 1. The summed E-state index contributed by atoms with van der Waals surface area (Å²) < 4.78 is 2.96. The van der Waals surface area contributed by atoms with Crippen LogP contribution in [-0.2, 0) is 19.5 Å². The van der Waals surface area contributed by atoms with Crippen LogP contribution in [0.2, 0.25) is 0 Å². The van der Waals surface area contributed by atoms with Crippen molar-refractivity contribution in [3.05, 3.63) is 80.6 Å². The van der Waals surface area contributed by atoms with E-state index in [1.54, 1.807) is 4.68 Å². The van der Waals surface area contributed by atoms with Crippen molar-refractivity contribution in [3.8, 4) is 0 Å². The topological polar surface area (TPSA) is 85.6 Å². The van der Waals surface area contributed by atoms with Gasteiger partial charge in [0.1, 0.15) is 0 Å². The maximum absolute atomic E-state index is 11.6. The highest BCUT2D eigenvalue weighted by Gasteiger charge is 2.09. The van der Waals surface area contributed by atoms with Gasteiger partial charge in [0.25, 0.3) is 11.1 Å². The molecule has 0 bridgehead atoms. The molecule has 0 saturated heterocycles. The molecule has 2 heterocycles. The zero-order valence-electron chi connectivity index (χ0n) is 13.4. The van der Waals surface area contributed by atoms with Gasteiger partial charge in [-0.25, -0.2) is 4.68 Å². The van der Waals surface area contributed by atoms with Gasteiger partial charge in [0.2, 0.25) is 0 Å². The van der Waals surface area contributed by atoms with Gasteiger partial charge in [-0.3, -0.25) is 19.4 Å². The fourth-order valence-electron chi connectivity index (χ4n) is 2.59. The second kappa shape index (κ2) is 7.08. The number of hydrogen-bond acceptors (Lipinski definition) is 4. The molecule has 3 rings (SSSR count). The minimum Gasteiger partial charge on any atom is -0.268 e. The number of aromatic nitrogens is 5. The Morgan fingerprint density at radius 3 is 2.67 bits per heavy atom. The molecule has 2 aromatic heterocycles. The van der Waals surface area contributed by atoms with Crippen molar-refractivity contribution >= 4 is 0 Å². The van der Waals surface area contributed by atoms with Crippen LogP contribution in [0.4, 0.5) is 0 Å². The summed E-state index contributed by atoms with van der Waals surface area (Å²) in [4.78, 5) is 22.9. The van der Waals surface area contributed by atoms with Gasteiger partial charge >= 0.3 is 0 Å². The average molecular weight is 325 g/mol. The van der Waals surface area contributed by atoms with E-state index < -0.39 is 0 Å². The summed E-state index contributed by atoms with van der Waals surface area (Å²) in [5.74, 6) is 0.351. The Hall–Kier alpha value is -2.96. The minimum absolute atomic E-state index is 0.243. The summed E-state index contributed by atoms with van der Waals surface area (Å²) in [7, 11) is 0. The first-order chi connectivity index (χ1) is 11.6. The van der Waals surface area contributed by atoms with Crippen molar-refractivity contribution in [1.29, 1.82) is 0 Å². The van der Waals surface area contributed by atoms with Crippen LogP contribution < -0.4 is 11.1 Å². The SMILES string of the molecule is C[C@H](Cc1cn(CCn2[nH]c(=O)ccc2=O)nn1)c1ccccc1. The molecule has 0 aliphatic rings. The molecule has 1 aromatic carbocycles. The predicted octanol–water partition coefficient (Wildman–Crippen LogP) is 1.17. The highest BCUT2D eigenvalue weighted by molar-refractivity contribution is 5.20. The van der Waals surface area contributed by atoms with E-state index in [4.69, 9.17) is 0 Å². The summed E-state index contributed by atoms with van der Waals surface area (Å²) in [6.07, 6.45) is 2.68. The smallest absolute Gasteiger partial charge is 0.265 e. The third-order valence-corrected chi connectivity index (χ3v) is 3.91. The third kappa shape index (κ3) is 3.87. The van der Waals surface area contributed by atoms with Gasteiger partial charge in [-0.2, -0.15) is 0 Å². The van der Waals surface area contributed by atoms with E-state index >= 15 is 0 Å². The Kier molecular flexibility index (Phi) is 4.69. The number of nitrogens with one attached hydrogen (secondary N) is 1. The van der Waals surface area contributed by atoms with E-state index in [0.29, 0.717) is 19.0 Å². The number of nitrogens with zero attached hydrogens (tertiary/aromatic N) is 4. The number of aromatic amines is 1. The maximum atomic E-state index is 11.6. The van der Waals surface area contributed by atoms with E-state index in [1.165, 1.54) is 22.4 Å². The van der Waals surface area contributed by atoms with Crippen molar-refractivity contribution in [2.75, 3.05) is 0 Å². The van der Waals surface area contributed by atoms with E-state index in [2.05, 4.69) is 34.5 Å². The van der Waals surface area contributed by atoms with Gasteiger partial charge in [0.05, 0.1) is 18.8 Å². The van der Waals surface area contributed by atoms with Crippen LogP contribution in [-0.4, -0.2) is 24.8 Å². The lowest BCUT2D eigenvalue weighted by Gasteiger charge is -2.09. The van der Waals surface area contributed by atoms with Crippen molar-refractivity contribution < 1.29 is 0 Å². The van der Waals surface area contributed by atoms with Gasteiger partial charge in [0, 0.05) is 18.3 Å². The molecule has 0 saturated carbocycles. The molecule has 1 N–H and O–H groups in total. The fourth-order valence-corrected chi connectivity index (χ4v) is 2.59. The zero-order chi connectivity index (χ0) is 16.9. The van der Waals surface area contributed by atoms with Gasteiger partial charge in [-0.1, -0.05) is 42.5 Å². The number of aryl methyl sites for hydroxylation is 2. The van der Waals surface area contributed by atoms with Crippen LogP contribution >= 0.6 is 0 Å². The summed E-state index contributed by atoms with van der Waals surface area (Å²) >= 11 is 0. The molecular formula is C17H19N5O2. The zero-order valence-corrected chi connectivity index (χ0v) is 13.4. The van der Waals surface area contributed by atoms with Crippen molar-refractivity contribution in [3.63, 3.8) is 0 Å². The Balaban J connectivity index is 1.62. The molecular weight excluding hydrogens is 306 g/mol. The van der Waals surface area contributed by atoms with Gasteiger partial charge in [-0.05, 0) is 17.9 Å². The lowest BCUT2D eigenvalue weighted by molar-refractivity contribution is 0.470. The third-order valence-electron chi connectivity index (χ3n) is 3.91. The highest BCUT2D eigenvalue weighted by Crippen LogP contribution is 2.18. The van der Waals surface area contributed by atoms with Crippen LogP contribution in [0.25, 0.3) is 0 Å². The standard InChI is InChI=1S/C17H19N5O2/c1-13(14-5-3-2-4-6-14)11-15-12-21(20-18-15)9-10-22-17(24)8-7-16(23)19-22/h2-8,12-13H,9-11H2,1H3,(H,19,23)/t13-/m1/s1. The first kappa shape index (κ1) is 15.9. The molecule has 7 nitrogen and oxygen atoms in total. The maximum Gasteiger partial charge on any atom is 0.265 e. The van der Waals surface area contributed by atoms with Crippen LogP contribution in [0.3, 0.4) is 0 Å². The molecule has 1 atom stereocenters. The number of H-pyrrole nitrogens is 1. The van der Waals surface area contributed by atoms with E-state index in [9.17, 15) is 9.59 Å². The first-order valence-corrected chi connectivity index (χ1v) is 7.86. The molecule has 0 amide bonds. The molecule has 3 aromatic rings. The number of rotatable bonds is 6. The van der Waals surface area contributed by atoms with E-state index in [1.807, 2.05) is 24.4 Å². The second-order valence-electron chi connectivity index (χ2n) is 5.79. The summed E-state index contributed by atoms with van der Waals surface area (Å²) in [5.41, 5.74) is 1.62. The monoisotopic (exact) mass is 325 g/mol. The molecule has 0 unspecified atom stereocenters. The van der Waals surface area contributed by atoms with Gasteiger partial charge in [0.15, 0.2) is 0 Å². The normalized spacial score (nSPS) is 12.2. The molecule has 0 radical (unpaired) electrons. The van der Waals surface area contributed by atoms with Gasteiger partial charge < -0.3 is 0 Å². The number of benzene rings is 1. The molecule has 7 heteroatoms.